The average molecular weight is 245 g/mol. The van der Waals surface area contributed by atoms with Crippen molar-refractivity contribution in [2.45, 2.75) is 12.8 Å². The van der Waals surface area contributed by atoms with Crippen LogP contribution in [-0.4, -0.2) is 24.0 Å². The van der Waals surface area contributed by atoms with Gasteiger partial charge in [-0.25, -0.2) is 0 Å². The molecule has 0 saturated heterocycles. The molecule has 1 rings (SSSR count). The van der Waals surface area contributed by atoms with Crippen molar-refractivity contribution in [1.82, 2.24) is 0 Å². The Morgan fingerprint density at radius 1 is 1.31 bits per heavy atom. The summed E-state index contributed by atoms with van der Waals surface area (Å²) in [6, 6.07) is 5.71. The van der Waals surface area contributed by atoms with E-state index in [1.54, 1.807) is 0 Å². The SMILES string of the molecule is CC(C(=O)O)c1ccc(NS(=O)(=O)O)cc1. The van der Waals surface area contributed by atoms with Crippen LogP contribution in [0.4, 0.5) is 5.69 Å². The van der Waals surface area contributed by atoms with Gasteiger partial charge in [0.05, 0.1) is 11.6 Å². The number of hydrogen-bond acceptors (Lipinski definition) is 3. The average Bonchev–Trinajstić information content (AvgIpc) is 2.15. The van der Waals surface area contributed by atoms with Crippen LogP contribution in [0.25, 0.3) is 0 Å². The monoisotopic (exact) mass is 245 g/mol. The molecule has 6 nitrogen and oxygen atoms in total. The quantitative estimate of drug-likeness (QED) is 0.689. The van der Waals surface area contributed by atoms with Gasteiger partial charge in [0, 0.05) is 0 Å². The Bertz CT molecular complexity index is 479. The summed E-state index contributed by atoms with van der Waals surface area (Å²) in [6.45, 7) is 1.52. The molecule has 0 radical (unpaired) electrons. The molecule has 0 fully saturated rings. The highest BCUT2D eigenvalue weighted by Crippen LogP contribution is 2.18. The number of aliphatic carboxylic acids is 1. The van der Waals surface area contributed by atoms with Crippen LogP contribution in [0.2, 0.25) is 0 Å². The molecule has 0 saturated carbocycles. The molecule has 1 aromatic carbocycles. The molecule has 0 heterocycles. The molecule has 0 spiro atoms. The lowest BCUT2D eigenvalue weighted by Gasteiger charge is -2.07. The second kappa shape index (κ2) is 4.50. The van der Waals surface area contributed by atoms with Crippen molar-refractivity contribution >= 4 is 22.0 Å². The largest absolute Gasteiger partial charge is 0.481 e. The van der Waals surface area contributed by atoms with Crippen LogP contribution in [0, 0.1) is 0 Å². The first kappa shape index (κ1) is 12.5. The Hall–Kier alpha value is -1.60. The van der Waals surface area contributed by atoms with Crippen molar-refractivity contribution < 1.29 is 22.9 Å². The first-order chi connectivity index (χ1) is 7.29. The fourth-order valence-electron chi connectivity index (χ4n) is 1.13. The highest BCUT2D eigenvalue weighted by molar-refractivity contribution is 7.87. The van der Waals surface area contributed by atoms with Gasteiger partial charge in [-0.2, -0.15) is 8.42 Å². The zero-order chi connectivity index (χ0) is 12.3. The predicted molar refractivity (Wildman–Crippen MR) is 57.7 cm³/mol. The summed E-state index contributed by atoms with van der Waals surface area (Å²) in [5, 5.41) is 8.74. The Morgan fingerprint density at radius 3 is 2.19 bits per heavy atom. The fraction of sp³-hybridized carbons (Fsp3) is 0.222. The fourth-order valence-corrected chi connectivity index (χ4v) is 1.57. The number of hydrogen-bond donors (Lipinski definition) is 3. The second-order valence-electron chi connectivity index (χ2n) is 3.26. The summed E-state index contributed by atoms with van der Waals surface area (Å²) in [5.74, 6) is -1.63. The molecule has 16 heavy (non-hydrogen) atoms. The molecule has 3 N–H and O–H groups in total. The van der Waals surface area contributed by atoms with E-state index in [2.05, 4.69) is 0 Å². The molecule has 0 amide bonds. The van der Waals surface area contributed by atoms with Gasteiger partial charge < -0.3 is 5.11 Å². The lowest BCUT2D eigenvalue weighted by Crippen LogP contribution is -2.11. The minimum absolute atomic E-state index is 0.170. The normalized spacial score (nSPS) is 13.1. The zero-order valence-corrected chi connectivity index (χ0v) is 9.23. The number of anilines is 1. The van der Waals surface area contributed by atoms with E-state index >= 15 is 0 Å². The maximum absolute atomic E-state index is 10.7. The third-order valence-electron chi connectivity index (χ3n) is 2.03. The van der Waals surface area contributed by atoms with E-state index in [9.17, 15) is 13.2 Å². The zero-order valence-electron chi connectivity index (χ0n) is 8.41. The standard InChI is InChI=1S/C9H11NO5S/c1-6(9(11)12)7-2-4-8(5-3-7)10-16(13,14)15/h2-6,10H,1H3,(H,11,12)(H,13,14,15). The van der Waals surface area contributed by atoms with E-state index in [-0.39, 0.29) is 5.69 Å². The van der Waals surface area contributed by atoms with Crippen LogP contribution >= 0.6 is 0 Å². The highest BCUT2D eigenvalue weighted by atomic mass is 32.2. The van der Waals surface area contributed by atoms with Gasteiger partial charge in [0.15, 0.2) is 0 Å². The van der Waals surface area contributed by atoms with Crippen LogP contribution in [0.15, 0.2) is 24.3 Å². The van der Waals surface area contributed by atoms with Gasteiger partial charge >= 0.3 is 16.3 Å². The number of benzene rings is 1. The molecule has 7 heteroatoms. The third-order valence-corrected chi connectivity index (χ3v) is 2.52. The third kappa shape index (κ3) is 3.52. The number of carboxylic acid groups (broad SMARTS) is 1. The van der Waals surface area contributed by atoms with Crippen molar-refractivity contribution in [3.8, 4) is 0 Å². The Kier molecular flexibility index (Phi) is 3.51. The Morgan fingerprint density at radius 2 is 1.81 bits per heavy atom. The minimum atomic E-state index is -4.29. The predicted octanol–water partition coefficient (Wildman–Crippen LogP) is 1.09. The molecule has 1 atom stereocenters. The van der Waals surface area contributed by atoms with E-state index in [1.807, 2.05) is 4.72 Å². The number of nitrogens with one attached hydrogen (secondary N) is 1. The lowest BCUT2D eigenvalue weighted by atomic mass is 10.0. The first-order valence-electron chi connectivity index (χ1n) is 4.37. The molecule has 1 unspecified atom stereocenters. The summed E-state index contributed by atoms with van der Waals surface area (Å²) in [6.07, 6.45) is 0. The van der Waals surface area contributed by atoms with Gasteiger partial charge in [0.1, 0.15) is 0 Å². The van der Waals surface area contributed by atoms with E-state index in [1.165, 1.54) is 31.2 Å². The summed E-state index contributed by atoms with van der Waals surface area (Å²) in [4.78, 5) is 10.7. The maximum Gasteiger partial charge on any atom is 0.357 e. The van der Waals surface area contributed by atoms with Crippen LogP contribution in [-0.2, 0) is 15.1 Å². The van der Waals surface area contributed by atoms with Gasteiger partial charge in [-0.3, -0.25) is 14.1 Å². The Balaban J connectivity index is 2.87. The van der Waals surface area contributed by atoms with Crippen LogP contribution in [0.1, 0.15) is 18.4 Å². The van der Waals surface area contributed by atoms with E-state index in [4.69, 9.17) is 9.66 Å². The number of carbonyl (C=O) groups is 1. The van der Waals surface area contributed by atoms with Crippen LogP contribution in [0.3, 0.4) is 0 Å². The molecule has 0 aromatic heterocycles. The maximum atomic E-state index is 10.7. The molecular formula is C9H11NO5S. The van der Waals surface area contributed by atoms with Crippen molar-refractivity contribution in [3.63, 3.8) is 0 Å². The van der Waals surface area contributed by atoms with Gasteiger partial charge in [-0.15, -0.1) is 0 Å². The van der Waals surface area contributed by atoms with Crippen molar-refractivity contribution in [2.75, 3.05) is 4.72 Å². The van der Waals surface area contributed by atoms with Gasteiger partial charge in [-0.05, 0) is 24.6 Å². The topological polar surface area (TPSA) is 104 Å². The van der Waals surface area contributed by atoms with Crippen molar-refractivity contribution in [1.29, 1.82) is 0 Å². The smallest absolute Gasteiger partial charge is 0.357 e. The van der Waals surface area contributed by atoms with E-state index < -0.39 is 22.2 Å². The van der Waals surface area contributed by atoms with Crippen LogP contribution < -0.4 is 4.72 Å². The van der Waals surface area contributed by atoms with E-state index in [0.717, 1.165) is 0 Å². The lowest BCUT2D eigenvalue weighted by molar-refractivity contribution is -0.138. The molecule has 0 aliphatic heterocycles. The number of carboxylic acids is 1. The molecule has 88 valence electrons. The summed E-state index contributed by atoms with van der Waals surface area (Å²) in [5.41, 5.74) is 0.720. The first-order valence-corrected chi connectivity index (χ1v) is 5.81. The number of rotatable bonds is 4. The minimum Gasteiger partial charge on any atom is -0.481 e. The summed E-state index contributed by atoms with van der Waals surface area (Å²) in [7, 11) is -4.29. The van der Waals surface area contributed by atoms with Gasteiger partial charge in [-0.1, -0.05) is 12.1 Å². The molecule has 0 aliphatic rings. The molecular weight excluding hydrogens is 234 g/mol. The molecule has 0 bridgehead atoms. The second-order valence-corrected chi connectivity index (χ2v) is 4.41. The van der Waals surface area contributed by atoms with Crippen LogP contribution in [0.5, 0.6) is 0 Å². The van der Waals surface area contributed by atoms with Gasteiger partial charge in [0.25, 0.3) is 0 Å². The van der Waals surface area contributed by atoms with Crippen molar-refractivity contribution in [2.24, 2.45) is 0 Å². The molecule has 0 aliphatic carbocycles. The van der Waals surface area contributed by atoms with Gasteiger partial charge in [0.2, 0.25) is 0 Å². The summed E-state index contributed by atoms with van der Waals surface area (Å²) >= 11 is 0. The highest BCUT2D eigenvalue weighted by Gasteiger charge is 2.13. The van der Waals surface area contributed by atoms with Crippen molar-refractivity contribution in [3.05, 3.63) is 29.8 Å². The molecule has 1 aromatic rings. The summed E-state index contributed by atoms with van der Waals surface area (Å²) < 4.78 is 31.3. The van der Waals surface area contributed by atoms with E-state index in [0.29, 0.717) is 5.56 Å². The Labute approximate surface area is 92.8 Å².